The monoisotopic (exact) mass is 308 g/mol. The zero-order valence-corrected chi connectivity index (χ0v) is 13.2. The van der Waals surface area contributed by atoms with Crippen molar-refractivity contribution in [1.82, 2.24) is 10.2 Å². The molecule has 1 aromatic rings. The Morgan fingerprint density at radius 1 is 1.43 bits per heavy atom. The van der Waals surface area contributed by atoms with Gasteiger partial charge in [0.15, 0.2) is 0 Å². The van der Waals surface area contributed by atoms with Crippen molar-refractivity contribution in [3.63, 3.8) is 0 Å². The van der Waals surface area contributed by atoms with E-state index >= 15 is 0 Å². The number of morpholine rings is 1. The van der Waals surface area contributed by atoms with Gasteiger partial charge < -0.3 is 10.1 Å². The van der Waals surface area contributed by atoms with Gasteiger partial charge in [-0.05, 0) is 38.0 Å². The first kappa shape index (κ1) is 14.8. The van der Waals surface area contributed by atoms with Crippen LogP contribution in [0.25, 0.3) is 0 Å². The van der Waals surface area contributed by atoms with Crippen molar-refractivity contribution < 1.29 is 9.53 Å². The maximum absolute atomic E-state index is 12.4. The van der Waals surface area contributed by atoms with Crippen molar-refractivity contribution in [2.45, 2.75) is 38.5 Å². The van der Waals surface area contributed by atoms with E-state index in [9.17, 15) is 4.79 Å². The van der Waals surface area contributed by atoms with E-state index in [1.54, 1.807) is 0 Å². The van der Waals surface area contributed by atoms with Crippen LogP contribution in [0.15, 0.2) is 18.2 Å². The van der Waals surface area contributed by atoms with Crippen molar-refractivity contribution in [1.29, 1.82) is 0 Å². The summed E-state index contributed by atoms with van der Waals surface area (Å²) in [5.41, 5.74) is 1.50. The molecule has 114 valence electrons. The molecule has 0 saturated carbocycles. The molecule has 1 aromatic carbocycles. The molecule has 0 aliphatic carbocycles. The van der Waals surface area contributed by atoms with Crippen LogP contribution >= 0.6 is 11.6 Å². The van der Waals surface area contributed by atoms with Crippen molar-refractivity contribution in [3.05, 3.63) is 34.3 Å². The first-order valence-electron chi connectivity index (χ1n) is 7.46. The summed E-state index contributed by atoms with van der Waals surface area (Å²) in [4.78, 5) is 14.8. The van der Waals surface area contributed by atoms with E-state index in [2.05, 4.69) is 17.1 Å². The molecule has 4 nitrogen and oxygen atoms in total. The average Bonchev–Trinajstić information content (AvgIpc) is 2.83. The van der Waals surface area contributed by atoms with Gasteiger partial charge in [-0.25, -0.2) is 0 Å². The molecular weight excluding hydrogens is 288 g/mol. The van der Waals surface area contributed by atoms with E-state index in [0.29, 0.717) is 16.6 Å². The number of ether oxygens (including phenoxy) is 1. The quantitative estimate of drug-likeness (QED) is 0.911. The summed E-state index contributed by atoms with van der Waals surface area (Å²) in [5, 5.41) is 3.77. The second kappa shape index (κ2) is 5.95. The van der Waals surface area contributed by atoms with Crippen LogP contribution in [0.1, 0.15) is 29.3 Å². The molecule has 21 heavy (non-hydrogen) atoms. The first-order chi connectivity index (χ1) is 10.0. The first-order valence-corrected chi connectivity index (χ1v) is 7.84. The Hall–Kier alpha value is -1.10. The molecule has 2 saturated heterocycles. The highest BCUT2D eigenvalue weighted by atomic mass is 35.5. The molecule has 2 fully saturated rings. The van der Waals surface area contributed by atoms with Crippen LogP contribution < -0.4 is 5.32 Å². The molecule has 1 N–H and O–H groups in total. The number of carbonyl (C=O) groups excluding carboxylic acids is 1. The van der Waals surface area contributed by atoms with E-state index in [1.807, 2.05) is 25.1 Å². The third kappa shape index (κ3) is 3.07. The summed E-state index contributed by atoms with van der Waals surface area (Å²) >= 11 is 6.09. The molecule has 2 aliphatic rings. The van der Waals surface area contributed by atoms with E-state index < -0.39 is 0 Å². The lowest BCUT2D eigenvalue weighted by Crippen LogP contribution is -2.45. The number of halogens is 1. The van der Waals surface area contributed by atoms with Gasteiger partial charge >= 0.3 is 0 Å². The summed E-state index contributed by atoms with van der Waals surface area (Å²) < 4.78 is 5.69. The van der Waals surface area contributed by atoms with Crippen LogP contribution in [0.3, 0.4) is 0 Å². The number of nitrogens with one attached hydrogen (secondary N) is 1. The SMILES string of the molecule is Cc1c(Cl)cccc1C(=O)N[C@H]1C[C@H]2CO[C@@H](C)CN2C1. The Morgan fingerprint density at radius 3 is 3.05 bits per heavy atom. The molecule has 0 unspecified atom stereocenters. The maximum Gasteiger partial charge on any atom is 0.251 e. The topological polar surface area (TPSA) is 41.6 Å². The third-order valence-electron chi connectivity index (χ3n) is 4.44. The van der Waals surface area contributed by atoms with E-state index in [0.717, 1.165) is 31.7 Å². The zero-order chi connectivity index (χ0) is 15.0. The van der Waals surface area contributed by atoms with Gasteiger partial charge in [0.25, 0.3) is 5.91 Å². The second-order valence-electron chi connectivity index (χ2n) is 6.07. The lowest BCUT2D eigenvalue weighted by Gasteiger charge is -2.33. The summed E-state index contributed by atoms with van der Waals surface area (Å²) in [7, 11) is 0. The van der Waals surface area contributed by atoms with Crippen LogP contribution in [-0.4, -0.2) is 48.7 Å². The fraction of sp³-hybridized carbons (Fsp3) is 0.562. The van der Waals surface area contributed by atoms with E-state index in [4.69, 9.17) is 16.3 Å². The molecule has 5 heteroatoms. The highest BCUT2D eigenvalue weighted by molar-refractivity contribution is 6.31. The zero-order valence-electron chi connectivity index (χ0n) is 12.4. The van der Waals surface area contributed by atoms with Gasteiger partial charge in [0, 0.05) is 35.8 Å². The molecular formula is C16H21ClN2O2. The Morgan fingerprint density at radius 2 is 2.24 bits per heavy atom. The Bertz CT molecular complexity index is 549. The van der Waals surface area contributed by atoms with Gasteiger partial charge in [0.05, 0.1) is 12.7 Å². The lowest BCUT2D eigenvalue weighted by molar-refractivity contribution is -0.0390. The third-order valence-corrected chi connectivity index (χ3v) is 4.85. The highest BCUT2D eigenvalue weighted by Gasteiger charge is 2.36. The standard InChI is InChI=1S/C16H21ClN2O2/c1-10-7-19-8-12(6-13(19)9-21-10)18-16(20)14-4-3-5-15(17)11(14)2/h3-5,10,12-13H,6-9H2,1-2H3,(H,18,20)/t10-,12-,13-/m0/s1. The van der Waals surface area contributed by atoms with E-state index in [1.165, 1.54) is 0 Å². The minimum absolute atomic E-state index is 0.0335. The number of amides is 1. The van der Waals surface area contributed by atoms with Gasteiger partial charge in [0.1, 0.15) is 0 Å². The number of carbonyl (C=O) groups is 1. The van der Waals surface area contributed by atoms with Crippen LogP contribution in [0, 0.1) is 6.92 Å². The maximum atomic E-state index is 12.4. The van der Waals surface area contributed by atoms with Gasteiger partial charge in [-0.1, -0.05) is 17.7 Å². The van der Waals surface area contributed by atoms with Crippen LogP contribution in [-0.2, 0) is 4.74 Å². The minimum atomic E-state index is -0.0335. The Balaban J connectivity index is 1.65. The van der Waals surface area contributed by atoms with Crippen molar-refractivity contribution in [2.75, 3.05) is 19.7 Å². The molecule has 0 bridgehead atoms. The number of nitrogens with zero attached hydrogens (tertiary/aromatic N) is 1. The van der Waals surface area contributed by atoms with Gasteiger partial charge in [-0.15, -0.1) is 0 Å². The summed E-state index contributed by atoms with van der Waals surface area (Å²) in [6.45, 7) is 6.60. The molecule has 2 heterocycles. The fourth-order valence-electron chi connectivity index (χ4n) is 3.26. The molecule has 0 aromatic heterocycles. The second-order valence-corrected chi connectivity index (χ2v) is 6.48. The summed E-state index contributed by atoms with van der Waals surface area (Å²) in [6.07, 6.45) is 1.24. The largest absolute Gasteiger partial charge is 0.376 e. The average molecular weight is 309 g/mol. The predicted octanol–water partition coefficient (Wildman–Crippen LogP) is 2.24. The smallest absolute Gasteiger partial charge is 0.251 e. The number of rotatable bonds is 2. The fourth-order valence-corrected chi connectivity index (χ4v) is 3.44. The van der Waals surface area contributed by atoms with Crippen LogP contribution in [0.5, 0.6) is 0 Å². The van der Waals surface area contributed by atoms with Gasteiger partial charge in [-0.2, -0.15) is 0 Å². The minimum Gasteiger partial charge on any atom is -0.376 e. The number of hydrogen-bond donors (Lipinski definition) is 1. The number of fused-ring (bicyclic) bond motifs is 1. The summed E-state index contributed by atoms with van der Waals surface area (Å²) in [6, 6.07) is 6.07. The van der Waals surface area contributed by atoms with Crippen molar-refractivity contribution in [2.24, 2.45) is 0 Å². The van der Waals surface area contributed by atoms with E-state index in [-0.39, 0.29) is 18.1 Å². The Labute approximate surface area is 130 Å². The lowest BCUT2D eigenvalue weighted by atomic mass is 10.1. The summed E-state index contributed by atoms with van der Waals surface area (Å²) in [5.74, 6) is -0.0335. The number of hydrogen-bond acceptors (Lipinski definition) is 3. The Kier molecular flexibility index (Phi) is 4.20. The van der Waals surface area contributed by atoms with Crippen molar-refractivity contribution in [3.8, 4) is 0 Å². The molecule has 2 aliphatic heterocycles. The molecule has 3 rings (SSSR count). The molecule has 1 amide bonds. The van der Waals surface area contributed by atoms with Crippen molar-refractivity contribution >= 4 is 17.5 Å². The normalized spacial score (nSPS) is 29.2. The highest BCUT2D eigenvalue weighted by Crippen LogP contribution is 2.24. The molecule has 0 spiro atoms. The number of benzene rings is 1. The van der Waals surface area contributed by atoms with Gasteiger partial charge in [-0.3, -0.25) is 9.69 Å². The van der Waals surface area contributed by atoms with Crippen LogP contribution in [0.2, 0.25) is 5.02 Å². The van der Waals surface area contributed by atoms with Crippen LogP contribution in [0.4, 0.5) is 0 Å². The predicted molar refractivity (Wildman–Crippen MR) is 82.8 cm³/mol. The van der Waals surface area contributed by atoms with Gasteiger partial charge in [0.2, 0.25) is 0 Å². The molecule has 3 atom stereocenters. The molecule has 0 radical (unpaired) electrons.